The van der Waals surface area contributed by atoms with E-state index >= 15 is 0 Å². The highest BCUT2D eigenvalue weighted by Crippen LogP contribution is 2.34. The molecule has 2 aromatic carbocycles. The predicted octanol–water partition coefficient (Wildman–Crippen LogP) is 4.77. The summed E-state index contributed by atoms with van der Waals surface area (Å²) in [4.78, 5) is 18.7. The molecule has 1 aromatic heterocycles. The zero-order valence-corrected chi connectivity index (χ0v) is 14.5. The minimum absolute atomic E-state index is 0.0667. The molecular formula is C18H15F2N5O2. The van der Waals surface area contributed by atoms with Crippen molar-refractivity contribution in [1.82, 2.24) is 9.97 Å². The first-order valence-electron chi connectivity index (χ1n) is 7.91. The van der Waals surface area contributed by atoms with Gasteiger partial charge in [0.15, 0.2) is 0 Å². The first-order chi connectivity index (χ1) is 12.9. The van der Waals surface area contributed by atoms with Gasteiger partial charge in [0.2, 0.25) is 11.6 Å². The molecule has 0 atom stereocenters. The molecule has 2 N–H and O–H groups in total. The molecule has 0 aliphatic rings. The quantitative estimate of drug-likeness (QED) is 0.496. The second-order valence-corrected chi connectivity index (χ2v) is 5.80. The van der Waals surface area contributed by atoms with E-state index < -0.39 is 22.2 Å². The summed E-state index contributed by atoms with van der Waals surface area (Å²) >= 11 is 0. The maximum Gasteiger partial charge on any atom is 0.353 e. The third-order valence-corrected chi connectivity index (χ3v) is 4.04. The van der Waals surface area contributed by atoms with Gasteiger partial charge in [0.05, 0.1) is 10.6 Å². The second kappa shape index (κ2) is 7.32. The van der Waals surface area contributed by atoms with Crippen LogP contribution in [-0.2, 0) is 0 Å². The average molecular weight is 371 g/mol. The van der Waals surface area contributed by atoms with Crippen molar-refractivity contribution in [3.05, 3.63) is 75.6 Å². The van der Waals surface area contributed by atoms with Crippen LogP contribution in [0.3, 0.4) is 0 Å². The van der Waals surface area contributed by atoms with E-state index in [1.807, 2.05) is 19.9 Å². The van der Waals surface area contributed by atoms with Crippen molar-refractivity contribution in [1.29, 1.82) is 0 Å². The fourth-order valence-electron chi connectivity index (χ4n) is 2.47. The molecule has 138 valence electrons. The fourth-order valence-corrected chi connectivity index (χ4v) is 2.47. The molecule has 0 fully saturated rings. The van der Waals surface area contributed by atoms with Gasteiger partial charge in [-0.3, -0.25) is 10.1 Å². The van der Waals surface area contributed by atoms with Crippen LogP contribution in [0.25, 0.3) is 0 Å². The Balaban J connectivity index is 2.04. The maximum atomic E-state index is 13.9. The molecule has 0 radical (unpaired) electrons. The van der Waals surface area contributed by atoms with E-state index in [4.69, 9.17) is 0 Å². The van der Waals surface area contributed by atoms with Crippen molar-refractivity contribution in [3.8, 4) is 0 Å². The Labute approximate surface area is 153 Å². The lowest BCUT2D eigenvalue weighted by molar-refractivity contribution is -0.383. The molecule has 0 saturated carbocycles. The topological polar surface area (TPSA) is 93.0 Å². The Morgan fingerprint density at radius 3 is 2.33 bits per heavy atom. The van der Waals surface area contributed by atoms with Gasteiger partial charge in [-0.15, -0.1) is 0 Å². The van der Waals surface area contributed by atoms with Gasteiger partial charge in [-0.1, -0.05) is 12.1 Å². The summed E-state index contributed by atoms with van der Waals surface area (Å²) in [5.74, 6) is -1.78. The molecule has 0 bridgehead atoms. The number of halogens is 2. The number of hydrogen-bond acceptors (Lipinski definition) is 6. The number of benzene rings is 2. The van der Waals surface area contributed by atoms with Crippen molar-refractivity contribution in [2.75, 3.05) is 10.6 Å². The van der Waals surface area contributed by atoms with E-state index in [2.05, 4.69) is 20.6 Å². The molecule has 0 aliphatic heterocycles. The van der Waals surface area contributed by atoms with E-state index in [1.165, 1.54) is 0 Å². The van der Waals surface area contributed by atoms with E-state index in [0.717, 1.165) is 35.7 Å². The number of nitrogens with one attached hydrogen (secondary N) is 2. The van der Waals surface area contributed by atoms with Crippen LogP contribution in [0.4, 0.5) is 37.5 Å². The summed E-state index contributed by atoms with van der Waals surface area (Å²) in [5, 5.41) is 17.0. The number of rotatable bonds is 5. The van der Waals surface area contributed by atoms with Gasteiger partial charge >= 0.3 is 5.69 Å². The van der Waals surface area contributed by atoms with Crippen LogP contribution in [0.15, 0.2) is 42.7 Å². The molecule has 0 unspecified atom stereocenters. The standard InChI is InChI=1S/C18H15F2N5O2/c1-10-4-3-5-14(11(10)2)23-17-16(25(26)27)18(22-9-21-17)24-15-8-12(19)6-7-13(15)20/h3-9H,1-2H3,(H2,21,22,23,24). The SMILES string of the molecule is Cc1cccc(Nc2ncnc(Nc3cc(F)ccc3F)c2[N+](=O)[O-])c1C. The number of aromatic nitrogens is 2. The lowest BCUT2D eigenvalue weighted by atomic mass is 10.1. The molecule has 3 rings (SSSR count). The van der Waals surface area contributed by atoms with Crippen molar-refractivity contribution in [2.24, 2.45) is 0 Å². The number of hydrogen-bond donors (Lipinski definition) is 2. The Morgan fingerprint density at radius 1 is 1.00 bits per heavy atom. The molecule has 0 aliphatic carbocycles. The Kier molecular flexibility index (Phi) is 4.93. The van der Waals surface area contributed by atoms with Crippen LogP contribution < -0.4 is 10.6 Å². The normalized spacial score (nSPS) is 10.5. The van der Waals surface area contributed by atoms with Gasteiger partial charge in [0.25, 0.3) is 0 Å². The van der Waals surface area contributed by atoms with Gasteiger partial charge in [-0.05, 0) is 43.2 Å². The fraction of sp³-hybridized carbons (Fsp3) is 0.111. The molecule has 7 nitrogen and oxygen atoms in total. The molecular weight excluding hydrogens is 356 g/mol. The molecule has 0 amide bonds. The minimum Gasteiger partial charge on any atom is -0.334 e. The summed E-state index contributed by atoms with van der Waals surface area (Å²) in [7, 11) is 0. The van der Waals surface area contributed by atoms with Gasteiger partial charge in [-0.2, -0.15) is 0 Å². The third kappa shape index (κ3) is 3.81. The summed E-state index contributed by atoms with van der Waals surface area (Å²) in [5.41, 5.74) is 1.78. The smallest absolute Gasteiger partial charge is 0.334 e. The summed E-state index contributed by atoms with van der Waals surface area (Å²) in [6.07, 6.45) is 1.10. The number of nitro groups is 1. The maximum absolute atomic E-state index is 13.9. The van der Waals surface area contributed by atoms with Crippen LogP contribution in [0.2, 0.25) is 0 Å². The largest absolute Gasteiger partial charge is 0.353 e. The third-order valence-electron chi connectivity index (χ3n) is 4.04. The highest BCUT2D eigenvalue weighted by atomic mass is 19.1. The zero-order valence-electron chi connectivity index (χ0n) is 14.5. The van der Waals surface area contributed by atoms with Gasteiger partial charge < -0.3 is 10.6 Å². The summed E-state index contributed by atoms with van der Waals surface area (Å²) in [6.45, 7) is 3.78. The molecule has 27 heavy (non-hydrogen) atoms. The zero-order chi connectivity index (χ0) is 19.6. The lowest BCUT2D eigenvalue weighted by Crippen LogP contribution is -2.07. The highest BCUT2D eigenvalue weighted by molar-refractivity contribution is 5.77. The summed E-state index contributed by atoms with van der Waals surface area (Å²) in [6, 6.07) is 8.22. The molecule has 3 aromatic rings. The Bertz CT molecular complexity index is 1000. The lowest BCUT2D eigenvalue weighted by Gasteiger charge is -2.13. The van der Waals surface area contributed by atoms with Gasteiger partial charge in [0, 0.05) is 11.8 Å². The molecule has 0 saturated heterocycles. The highest BCUT2D eigenvalue weighted by Gasteiger charge is 2.24. The van der Waals surface area contributed by atoms with Crippen LogP contribution >= 0.6 is 0 Å². The van der Waals surface area contributed by atoms with Crippen LogP contribution in [-0.4, -0.2) is 14.9 Å². The van der Waals surface area contributed by atoms with Crippen molar-refractivity contribution >= 4 is 28.7 Å². The molecule has 9 heteroatoms. The van der Waals surface area contributed by atoms with E-state index in [0.29, 0.717) is 5.69 Å². The van der Waals surface area contributed by atoms with Crippen molar-refractivity contribution in [3.63, 3.8) is 0 Å². The predicted molar refractivity (Wildman–Crippen MR) is 97.5 cm³/mol. The average Bonchev–Trinajstić information content (AvgIpc) is 2.62. The number of anilines is 4. The van der Waals surface area contributed by atoms with Crippen molar-refractivity contribution in [2.45, 2.75) is 13.8 Å². The van der Waals surface area contributed by atoms with Crippen LogP contribution in [0.5, 0.6) is 0 Å². The summed E-state index contributed by atoms with van der Waals surface area (Å²) < 4.78 is 27.2. The van der Waals surface area contributed by atoms with Gasteiger partial charge in [0.1, 0.15) is 18.0 Å². The second-order valence-electron chi connectivity index (χ2n) is 5.80. The number of nitrogens with zero attached hydrogens (tertiary/aromatic N) is 3. The van der Waals surface area contributed by atoms with Crippen molar-refractivity contribution < 1.29 is 13.7 Å². The molecule has 0 spiro atoms. The van der Waals surface area contributed by atoms with Crippen LogP contribution in [0, 0.1) is 35.6 Å². The van der Waals surface area contributed by atoms with Gasteiger partial charge in [-0.25, -0.2) is 18.7 Å². The van der Waals surface area contributed by atoms with Crippen LogP contribution in [0.1, 0.15) is 11.1 Å². The Hall–Kier alpha value is -3.62. The molecule has 1 heterocycles. The van der Waals surface area contributed by atoms with E-state index in [1.54, 1.807) is 12.1 Å². The minimum atomic E-state index is -0.770. The first kappa shape index (κ1) is 18.2. The van der Waals surface area contributed by atoms with E-state index in [9.17, 15) is 18.9 Å². The van der Waals surface area contributed by atoms with E-state index in [-0.39, 0.29) is 17.3 Å². The Morgan fingerprint density at radius 2 is 1.67 bits per heavy atom. The number of aryl methyl sites for hydroxylation is 1. The first-order valence-corrected chi connectivity index (χ1v) is 7.91. The monoisotopic (exact) mass is 371 g/mol.